The molecule has 0 amide bonds. The van der Waals surface area contributed by atoms with Gasteiger partial charge in [0.2, 0.25) is 0 Å². The molecule has 0 aromatic heterocycles. The van der Waals surface area contributed by atoms with Gasteiger partial charge in [-0.3, -0.25) is 0 Å². The predicted molar refractivity (Wildman–Crippen MR) is 75.7 cm³/mol. The molecule has 2 nitrogen and oxygen atoms in total. The number of hydrogen-bond donors (Lipinski definition) is 1. The molecule has 100 valence electrons. The molecule has 2 heteroatoms. The molecule has 1 aliphatic rings. The molecule has 0 saturated heterocycles. The summed E-state index contributed by atoms with van der Waals surface area (Å²) in [7, 11) is 0. The lowest BCUT2D eigenvalue weighted by atomic mass is 10.0. The fourth-order valence-electron chi connectivity index (χ4n) is 2.88. The van der Waals surface area contributed by atoms with E-state index in [0.717, 1.165) is 13.1 Å². The van der Waals surface area contributed by atoms with Crippen molar-refractivity contribution in [3.05, 3.63) is 35.9 Å². The van der Waals surface area contributed by atoms with Gasteiger partial charge in [-0.25, -0.2) is 0 Å². The summed E-state index contributed by atoms with van der Waals surface area (Å²) in [5.41, 5.74) is 1.34. The Morgan fingerprint density at radius 1 is 1.22 bits per heavy atom. The number of hydrogen-bond acceptors (Lipinski definition) is 2. The van der Waals surface area contributed by atoms with Crippen LogP contribution in [0.2, 0.25) is 0 Å². The zero-order chi connectivity index (χ0) is 12.8. The van der Waals surface area contributed by atoms with E-state index in [1.54, 1.807) is 0 Å². The first-order valence-corrected chi connectivity index (χ1v) is 7.19. The maximum atomic E-state index is 6.42. The highest BCUT2D eigenvalue weighted by Gasteiger charge is 2.36. The molecule has 0 spiro atoms. The number of ether oxygens (including phenoxy) is 1. The van der Waals surface area contributed by atoms with Crippen molar-refractivity contribution in [2.45, 2.75) is 51.2 Å². The van der Waals surface area contributed by atoms with Crippen LogP contribution < -0.4 is 5.32 Å². The van der Waals surface area contributed by atoms with Crippen molar-refractivity contribution < 1.29 is 4.74 Å². The van der Waals surface area contributed by atoms with Crippen molar-refractivity contribution in [1.29, 1.82) is 0 Å². The Hall–Kier alpha value is -0.860. The van der Waals surface area contributed by atoms with Crippen LogP contribution in [0.1, 0.15) is 51.2 Å². The third-order valence-corrected chi connectivity index (χ3v) is 3.91. The third-order valence-electron chi connectivity index (χ3n) is 3.91. The molecular formula is C16H25NO. The first-order chi connectivity index (χ1) is 8.76. The van der Waals surface area contributed by atoms with Crippen molar-refractivity contribution >= 4 is 0 Å². The summed E-state index contributed by atoms with van der Waals surface area (Å²) in [6.45, 7) is 6.33. The zero-order valence-corrected chi connectivity index (χ0v) is 11.6. The monoisotopic (exact) mass is 247 g/mol. The van der Waals surface area contributed by atoms with Gasteiger partial charge in [-0.2, -0.15) is 0 Å². The maximum absolute atomic E-state index is 6.42. The molecule has 1 atom stereocenters. The molecule has 1 aromatic rings. The van der Waals surface area contributed by atoms with E-state index in [2.05, 4.69) is 49.5 Å². The van der Waals surface area contributed by atoms with Gasteiger partial charge in [0, 0.05) is 6.54 Å². The Kier molecular flexibility index (Phi) is 4.79. The molecule has 0 bridgehead atoms. The second-order valence-electron chi connectivity index (χ2n) is 5.34. The Morgan fingerprint density at radius 3 is 2.50 bits per heavy atom. The van der Waals surface area contributed by atoms with E-state index in [4.69, 9.17) is 4.74 Å². The molecule has 1 N–H and O–H groups in total. The van der Waals surface area contributed by atoms with Gasteiger partial charge in [-0.1, -0.05) is 50.1 Å². The number of likely N-dealkylation sites (N-methyl/N-ethyl adjacent to an activating group) is 1. The minimum absolute atomic E-state index is 0.0608. The van der Waals surface area contributed by atoms with Crippen molar-refractivity contribution in [2.24, 2.45) is 0 Å². The second-order valence-corrected chi connectivity index (χ2v) is 5.34. The minimum atomic E-state index is 0.0608. The van der Waals surface area contributed by atoms with Crippen molar-refractivity contribution in [3.8, 4) is 0 Å². The van der Waals surface area contributed by atoms with Crippen LogP contribution in [0.4, 0.5) is 0 Å². The van der Waals surface area contributed by atoms with Crippen LogP contribution in [-0.2, 0) is 4.74 Å². The van der Waals surface area contributed by atoms with Gasteiger partial charge in [0.15, 0.2) is 0 Å². The molecule has 1 aliphatic carbocycles. The lowest BCUT2D eigenvalue weighted by Gasteiger charge is -2.33. The highest BCUT2D eigenvalue weighted by Crippen LogP contribution is 2.36. The highest BCUT2D eigenvalue weighted by atomic mass is 16.5. The average Bonchev–Trinajstić information content (AvgIpc) is 2.86. The summed E-state index contributed by atoms with van der Waals surface area (Å²) in [6, 6.07) is 10.5. The van der Waals surface area contributed by atoms with Crippen LogP contribution in [0.3, 0.4) is 0 Å². The number of nitrogens with one attached hydrogen (secondary N) is 1. The Morgan fingerprint density at radius 2 is 1.89 bits per heavy atom. The van der Waals surface area contributed by atoms with Gasteiger partial charge in [0.05, 0.1) is 11.7 Å². The van der Waals surface area contributed by atoms with Crippen molar-refractivity contribution in [1.82, 2.24) is 5.32 Å². The van der Waals surface area contributed by atoms with E-state index in [-0.39, 0.29) is 11.7 Å². The second kappa shape index (κ2) is 6.35. The summed E-state index contributed by atoms with van der Waals surface area (Å²) in [5.74, 6) is 0. The van der Waals surface area contributed by atoms with E-state index in [1.807, 2.05) is 0 Å². The fraction of sp³-hybridized carbons (Fsp3) is 0.625. The van der Waals surface area contributed by atoms with E-state index in [0.29, 0.717) is 0 Å². The third kappa shape index (κ3) is 3.33. The smallest absolute Gasteiger partial charge is 0.0814 e. The molecule has 1 aromatic carbocycles. The molecule has 0 aliphatic heterocycles. The Balaban J connectivity index is 2.00. The predicted octanol–water partition coefficient (Wildman–Crippen LogP) is 3.69. The first-order valence-electron chi connectivity index (χ1n) is 7.19. The zero-order valence-electron chi connectivity index (χ0n) is 11.6. The quantitative estimate of drug-likeness (QED) is 0.828. The molecule has 18 heavy (non-hydrogen) atoms. The number of rotatable bonds is 6. The summed E-state index contributed by atoms with van der Waals surface area (Å²) in [6.07, 6.45) is 5.16. The van der Waals surface area contributed by atoms with E-state index < -0.39 is 0 Å². The highest BCUT2D eigenvalue weighted by molar-refractivity contribution is 5.17. The van der Waals surface area contributed by atoms with Gasteiger partial charge in [-0.15, -0.1) is 0 Å². The average molecular weight is 247 g/mol. The largest absolute Gasteiger partial charge is 0.366 e. The molecule has 1 fully saturated rings. The standard InChI is InChI=1S/C16H25NO/c1-3-17-13-16(11-7-8-12-16)18-14(2)15-9-5-4-6-10-15/h4-6,9-10,14,17H,3,7-8,11-13H2,1-2H3. The van der Waals surface area contributed by atoms with Crippen LogP contribution >= 0.6 is 0 Å². The summed E-state index contributed by atoms with van der Waals surface area (Å²) < 4.78 is 6.42. The Labute approximate surface area is 111 Å². The summed E-state index contributed by atoms with van der Waals surface area (Å²) >= 11 is 0. The van der Waals surface area contributed by atoms with Crippen LogP contribution in [-0.4, -0.2) is 18.7 Å². The normalized spacial score (nSPS) is 19.9. The SMILES string of the molecule is CCNCC1(OC(C)c2ccccc2)CCCC1. The molecule has 0 radical (unpaired) electrons. The van der Waals surface area contributed by atoms with E-state index in [9.17, 15) is 0 Å². The van der Waals surface area contributed by atoms with Crippen LogP contribution in [0.25, 0.3) is 0 Å². The summed E-state index contributed by atoms with van der Waals surface area (Å²) in [4.78, 5) is 0. The molecule has 0 heterocycles. The van der Waals surface area contributed by atoms with Crippen LogP contribution in [0.5, 0.6) is 0 Å². The molecular weight excluding hydrogens is 222 g/mol. The number of benzene rings is 1. The van der Waals surface area contributed by atoms with Gasteiger partial charge in [0.25, 0.3) is 0 Å². The van der Waals surface area contributed by atoms with E-state index in [1.165, 1.54) is 31.2 Å². The summed E-state index contributed by atoms with van der Waals surface area (Å²) in [5, 5.41) is 3.46. The topological polar surface area (TPSA) is 21.3 Å². The molecule has 1 unspecified atom stereocenters. The molecule has 2 rings (SSSR count). The van der Waals surface area contributed by atoms with Crippen LogP contribution in [0, 0.1) is 0 Å². The van der Waals surface area contributed by atoms with Crippen LogP contribution in [0.15, 0.2) is 30.3 Å². The minimum Gasteiger partial charge on any atom is -0.366 e. The van der Waals surface area contributed by atoms with Crippen molar-refractivity contribution in [2.75, 3.05) is 13.1 Å². The lowest BCUT2D eigenvalue weighted by Crippen LogP contribution is -2.41. The van der Waals surface area contributed by atoms with Crippen molar-refractivity contribution in [3.63, 3.8) is 0 Å². The van der Waals surface area contributed by atoms with Gasteiger partial charge >= 0.3 is 0 Å². The van der Waals surface area contributed by atoms with Gasteiger partial charge in [0.1, 0.15) is 0 Å². The maximum Gasteiger partial charge on any atom is 0.0814 e. The fourth-order valence-corrected chi connectivity index (χ4v) is 2.88. The lowest BCUT2D eigenvalue weighted by molar-refractivity contribution is -0.0832. The molecule has 1 saturated carbocycles. The van der Waals surface area contributed by atoms with Gasteiger partial charge in [-0.05, 0) is 31.9 Å². The van der Waals surface area contributed by atoms with E-state index >= 15 is 0 Å². The first kappa shape index (κ1) is 13.6. The van der Waals surface area contributed by atoms with Gasteiger partial charge < -0.3 is 10.1 Å². The Bertz CT molecular complexity index is 343.